The fraction of sp³-hybridized carbons (Fsp3) is 0.923. The van der Waals surface area contributed by atoms with Crippen molar-refractivity contribution in [2.45, 2.75) is 57.5 Å². The van der Waals surface area contributed by atoms with Crippen LogP contribution in [0.3, 0.4) is 0 Å². The van der Waals surface area contributed by atoms with Crippen molar-refractivity contribution in [3.05, 3.63) is 0 Å². The summed E-state index contributed by atoms with van der Waals surface area (Å²) in [5.74, 6) is 0.141. The summed E-state index contributed by atoms with van der Waals surface area (Å²) in [5.41, 5.74) is 0. The van der Waals surface area contributed by atoms with E-state index in [9.17, 15) is 4.79 Å². The molecule has 0 saturated carbocycles. The van der Waals surface area contributed by atoms with Crippen LogP contribution in [-0.2, 0) is 9.53 Å². The van der Waals surface area contributed by atoms with Crippen LogP contribution in [0.2, 0.25) is 0 Å². The quantitative estimate of drug-likeness (QED) is 0.605. The maximum atomic E-state index is 11.5. The van der Waals surface area contributed by atoms with E-state index in [0.717, 1.165) is 58.1 Å². The third-order valence-corrected chi connectivity index (χ3v) is 3.12. The van der Waals surface area contributed by atoms with E-state index in [1.807, 2.05) is 0 Å². The van der Waals surface area contributed by atoms with Gasteiger partial charge in [-0.25, -0.2) is 0 Å². The monoisotopic (exact) mass is 243 g/mol. The van der Waals surface area contributed by atoms with Gasteiger partial charge in [0.1, 0.15) is 0 Å². The van der Waals surface area contributed by atoms with E-state index in [2.05, 4.69) is 5.32 Å². The van der Waals surface area contributed by atoms with Crippen molar-refractivity contribution in [1.29, 1.82) is 0 Å². The van der Waals surface area contributed by atoms with Gasteiger partial charge in [0.25, 0.3) is 0 Å². The number of nitrogens with one attached hydrogen (secondary N) is 1. The van der Waals surface area contributed by atoms with Gasteiger partial charge >= 0.3 is 0 Å². The van der Waals surface area contributed by atoms with Crippen LogP contribution in [0.4, 0.5) is 0 Å². The summed E-state index contributed by atoms with van der Waals surface area (Å²) >= 11 is 0. The average Bonchev–Trinajstić information content (AvgIpc) is 2.84. The minimum Gasteiger partial charge on any atom is -0.396 e. The summed E-state index contributed by atoms with van der Waals surface area (Å²) in [7, 11) is 0. The smallest absolute Gasteiger partial charge is 0.220 e. The Morgan fingerprint density at radius 3 is 2.82 bits per heavy atom. The lowest BCUT2D eigenvalue weighted by Gasteiger charge is -2.09. The van der Waals surface area contributed by atoms with Crippen molar-refractivity contribution in [3.8, 4) is 0 Å². The lowest BCUT2D eigenvalue weighted by atomic mass is 10.1. The van der Waals surface area contributed by atoms with E-state index in [1.54, 1.807) is 0 Å². The fourth-order valence-corrected chi connectivity index (χ4v) is 2.07. The van der Waals surface area contributed by atoms with Crippen molar-refractivity contribution in [2.24, 2.45) is 0 Å². The summed E-state index contributed by atoms with van der Waals surface area (Å²) in [6.07, 6.45) is 7.99. The van der Waals surface area contributed by atoms with Crippen molar-refractivity contribution >= 4 is 5.91 Å². The molecule has 4 heteroatoms. The van der Waals surface area contributed by atoms with Gasteiger partial charge in [0, 0.05) is 26.2 Å². The number of unbranched alkanes of at least 4 members (excludes halogenated alkanes) is 3. The van der Waals surface area contributed by atoms with Gasteiger partial charge in [-0.2, -0.15) is 0 Å². The van der Waals surface area contributed by atoms with Crippen molar-refractivity contribution in [2.75, 3.05) is 19.8 Å². The first kappa shape index (κ1) is 14.5. The lowest BCUT2D eigenvalue weighted by Crippen LogP contribution is -2.25. The molecule has 1 atom stereocenters. The largest absolute Gasteiger partial charge is 0.396 e. The lowest BCUT2D eigenvalue weighted by molar-refractivity contribution is -0.121. The first-order valence-corrected chi connectivity index (χ1v) is 6.82. The Morgan fingerprint density at radius 1 is 1.29 bits per heavy atom. The first-order valence-electron chi connectivity index (χ1n) is 6.82. The molecule has 1 aliphatic rings. The normalized spacial score (nSPS) is 19.5. The van der Waals surface area contributed by atoms with Crippen LogP contribution in [0, 0.1) is 0 Å². The summed E-state index contributed by atoms with van der Waals surface area (Å²) in [4.78, 5) is 11.5. The predicted molar refractivity (Wildman–Crippen MR) is 66.8 cm³/mol. The van der Waals surface area contributed by atoms with Crippen molar-refractivity contribution < 1.29 is 14.6 Å². The molecule has 1 heterocycles. The molecule has 0 bridgehead atoms. The fourth-order valence-electron chi connectivity index (χ4n) is 2.07. The molecule has 1 aliphatic heterocycles. The van der Waals surface area contributed by atoms with Crippen LogP contribution >= 0.6 is 0 Å². The molecule has 4 nitrogen and oxygen atoms in total. The number of carbonyl (C=O) groups is 1. The number of amides is 1. The number of hydrogen-bond acceptors (Lipinski definition) is 3. The number of aliphatic hydroxyl groups excluding tert-OH is 1. The van der Waals surface area contributed by atoms with Gasteiger partial charge in [-0.05, 0) is 32.1 Å². The molecule has 17 heavy (non-hydrogen) atoms. The van der Waals surface area contributed by atoms with E-state index in [-0.39, 0.29) is 12.5 Å². The Kier molecular flexibility index (Phi) is 8.01. The Labute approximate surface area is 104 Å². The molecule has 1 saturated heterocycles. The molecule has 0 aliphatic carbocycles. The molecule has 0 aromatic heterocycles. The number of carbonyl (C=O) groups excluding carboxylic acids is 1. The van der Waals surface area contributed by atoms with Crippen LogP contribution in [0.25, 0.3) is 0 Å². The van der Waals surface area contributed by atoms with Crippen LogP contribution in [-0.4, -0.2) is 36.9 Å². The summed E-state index contributed by atoms with van der Waals surface area (Å²) in [6, 6.07) is 0. The molecule has 2 N–H and O–H groups in total. The number of rotatable bonds is 9. The van der Waals surface area contributed by atoms with E-state index in [1.165, 1.54) is 0 Å². The molecular weight excluding hydrogens is 218 g/mol. The number of aliphatic hydroxyl groups is 1. The topological polar surface area (TPSA) is 58.6 Å². The van der Waals surface area contributed by atoms with E-state index in [4.69, 9.17) is 9.84 Å². The van der Waals surface area contributed by atoms with Gasteiger partial charge in [-0.3, -0.25) is 4.79 Å². The van der Waals surface area contributed by atoms with Gasteiger partial charge < -0.3 is 15.2 Å². The second-order valence-electron chi connectivity index (χ2n) is 4.66. The van der Waals surface area contributed by atoms with Crippen LogP contribution in [0.5, 0.6) is 0 Å². The number of hydrogen-bond donors (Lipinski definition) is 2. The van der Waals surface area contributed by atoms with Gasteiger partial charge in [0.05, 0.1) is 6.10 Å². The standard InChI is InChI=1S/C13H25NO3/c15-10-4-2-1-3-9-14-13(16)8-7-12-6-5-11-17-12/h12,15H,1-11H2,(H,14,16). The first-order chi connectivity index (χ1) is 8.33. The van der Waals surface area contributed by atoms with Gasteiger partial charge in [-0.15, -0.1) is 0 Å². The Hall–Kier alpha value is -0.610. The minimum absolute atomic E-state index is 0.141. The van der Waals surface area contributed by atoms with Crippen LogP contribution < -0.4 is 5.32 Å². The van der Waals surface area contributed by atoms with Gasteiger partial charge in [-0.1, -0.05) is 12.8 Å². The third-order valence-electron chi connectivity index (χ3n) is 3.12. The zero-order chi connectivity index (χ0) is 12.3. The predicted octanol–water partition coefficient (Wildman–Crippen LogP) is 1.61. The van der Waals surface area contributed by atoms with Crippen molar-refractivity contribution in [1.82, 2.24) is 5.32 Å². The van der Waals surface area contributed by atoms with E-state index >= 15 is 0 Å². The summed E-state index contributed by atoms with van der Waals surface area (Å²) in [5, 5.41) is 11.5. The molecule has 1 unspecified atom stereocenters. The van der Waals surface area contributed by atoms with Crippen LogP contribution in [0.1, 0.15) is 51.4 Å². The Balaban J connectivity index is 1.87. The average molecular weight is 243 g/mol. The third kappa shape index (κ3) is 7.34. The van der Waals surface area contributed by atoms with Gasteiger partial charge in [0.2, 0.25) is 5.91 Å². The number of ether oxygens (including phenoxy) is 1. The zero-order valence-electron chi connectivity index (χ0n) is 10.6. The maximum Gasteiger partial charge on any atom is 0.220 e. The molecule has 1 fully saturated rings. The maximum absolute atomic E-state index is 11.5. The van der Waals surface area contributed by atoms with Crippen LogP contribution in [0.15, 0.2) is 0 Å². The van der Waals surface area contributed by atoms with E-state index < -0.39 is 0 Å². The molecular formula is C13H25NO3. The summed E-state index contributed by atoms with van der Waals surface area (Å²) in [6.45, 7) is 1.89. The second-order valence-corrected chi connectivity index (χ2v) is 4.66. The molecule has 0 aromatic carbocycles. The molecule has 1 rings (SSSR count). The van der Waals surface area contributed by atoms with Gasteiger partial charge in [0.15, 0.2) is 0 Å². The Morgan fingerprint density at radius 2 is 2.12 bits per heavy atom. The summed E-state index contributed by atoms with van der Waals surface area (Å²) < 4.78 is 5.47. The van der Waals surface area contributed by atoms with E-state index in [0.29, 0.717) is 12.5 Å². The second kappa shape index (κ2) is 9.42. The Bertz CT molecular complexity index is 203. The molecule has 0 spiro atoms. The highest BCUT2D eigenvalue weighted by Gasteiger charge is 2.16. The SMILES string of the molecule is O=C(CCC1CCCO1)NCCCCCCO. The molecule has 0 radical (unpaired) electrons. The zero-order valence-corrected chi connectivity index (χ0v) is 10.6. The molecule has 1 amide bonds. The minimum atomic E-state index is 0.141. The highest BCUT2D eigenvalue weighted by molar-refractivity contribution is 5.75. The molecule has 0 aromatic rings. The van der Waals surface area contributed by atoms with Crippen molar-refractivity contribution in [3.63, 3.8) is 0 Å². The highest BCUT2D eigenvalue weighted by atomic mass is 16.5. The highest BCUT2D eigenvalue weighted by Crippen LogP contribution is 2.16. The molecule has 100 valence electrons.